The zero-order valence-electron chi connectivity index (χ0n) is 11.4. The first-order chi connectivity index (χ1) is 8.51. The molecule has 0 saturated carbocycles. The smallest absolute Gasteiger partial charge is 0.323 e. The molecule has 0 fully saturated rings. The average Bonchev–Trinajstić information content (AvgIpc) is 2.27. The molecule has 0 radical (unpaired) electrons. The van der Waals surface area contributed by atoms with Crippen LogP contribution in [-0.4, -0.2) is 27.6 Å². The molecule has 0 unspecified atom stereocenters. The molecule has 1 aromatic rings. The van der Waals surface area contributed by atoms with Gasteiger partial charge in [-0.2, -0.15) is 15.0 Å². The lowest BCUT2D eigenvalue weighted by atomic mass is 10.1. The van der Waals surface area contributed by atoms with Crippen LogP contribution in [0.1, 0.15) is 34.1 Å². The SMILES string of the molecule is CC(C)CCNc1nc(NN)nc(OC(C)C)n1. The van der Waals surface area contributed by atoms with Crippen LogP contribution in [0.2, 0.25) is 0 Å². The van der Waals surface area contributed by atoms with E-state index in [4.69, 9.17) is 10.6 Å². The van der Waals surface area contributed by atoms with Crippen LogP contribution in [0.3, 0.4) is 0 Å². The van der Waals surface area contributed by atoms with Gasteiger partial charge in [0.05, 0.1) is 6.10 Å². The van der Waals surface area contributed by atoms with Crippen LogP contribution in [0.5, 0.6) is 6.01 Å². The van der Waals surface area contributed by atoms with Crippen molar-refractivity contribution in [2.75, 3.05) is 17.3 Å². The minimum atomic E-state index is 0.00142. The highest BCUT2D eigenvalue weighted by Crippen LogP contribution is 2.12. The van der Waals surface area contributed by atoms with Crippen LogP contribution in [0.15, 0.2) is 0 Å². The molecule has 1 rings (SSSR count). The summed E-state index contributed by atoms with van der Waals surface area (Å²) in [5.74, 6) is 6.68. The minimum absolute atomic E-state index is 0.00142. The van der Waals surface area contributed by atoms with Gasteiger partial charge in [0, 0.05) is 6.54 Å². The minimum Gasteiger partial charge on any atom is -0.461 e. The Morgan fingerprint density at radius 1 is 1.11 bits per heavy atom. The lowest BCUT2D eigenvalue weighted by Crippen LogP contribution is -2.17. The maximum atomic E-state index is 5.43. The van der Waals surface area contributed by atoms with Gasteiger partial charge < -0.3 is 10.1 Å². The van der Waals surface area contributed by atoms with Gasteiger partial charge in [0.1, 0.15) is 0 Å². The number of nitrogens with two attached hydrogens (primary N) is 1. The van der Waals surface area contributed by atoms with Crippen molar-refractivity contribution in [2.45, 2.75) is 40.2 Å². The molecule has 1 heterocycles. The van der Waals surface area contributed by atoms with E-state index in [1.54, 1.807) is 0 Å². The molecule has 1 aromatic heterocycles. The number of aromatic nitrogens is 3. The normalized spacial score (nSPS) is 10.8. The molecule has 0 saturated heterocycles. The Labute approximate surface area is 108 Å². The third-order valence-corrected chi connectivity index (χ3v) is 2.09. The zero-order valence-corrected chi connectivity index (χ0v) is 11.4. The third kappa shape index (κ3) is 5.13. The highest BCUT2D eigenvalue weighted by atomic mass is 16.5. The van der Waals surface area contributed by atoms with Gasteiger partial charge in [0.2, 0.25) is 11.9 Å². The fourth-order valence-corrected chi connectivity index (χ4v) is 1.24. The second kappa shape index (κ2) is 6.95. The molecule has 0 bridgehead atoms. The van der Waals surface area contributed by atoms with Gasteiger partial charge in [-0.25, -0.2) is 5.84 Å². The van der Waals surface area contributed by atoms with Gasteiger partial charge in [-0.15, -0.1) is 0 Å². The van der Waals surface area contributed by atoms with E-state index in [1.165, 1.54) is 0 Å². The van der Waals surface area contributed by atoms with Gasteiger partial charge in [0.15, 0.2) is 0 Å². The number of ether oxygens (including phenoxy) is 1. The van der Waals surface area contributed by atoms with E-state index in [2.05, 4.69) is 39.5 Å². The second-order valence-corrected chi connectivity index (χ2v) is 4.69. The quantitative estimate of drug-likeness (QED) is 0.499. The van der Waals surface area contributed by atoms with Crippen LogP contribution in [-0.2, 0) is 0 Å². The number of anilines is 2. The Hall–Kier alpha value is -1.63. The number of hydrogen-bond donors (Lipinski definition) is 3. The lowest BCUT2D eigenvalue weighted by Gasteiger charge is -2.11. The van der Waals surface area contributed by atoms with E-state index in [-0.39, 0.29) is 18.1 Å². The molecule has 0 spiro atoms. The van der Waals surface area contributed by atoms with Crippen molar-refractivity contribution in [1.29, 1.82) is 0 Å². The number of hydrazine groups is 1. The maximum absolute atomic E-state index is 5.43. The Bertz CT molecular complexity index is 369. The summed E-state index contributed by atoms with van der Waals surface area (Å²) in [5.41, 5.74) is 2.40. The molecule has 102 valence electrons. The van der Waals surface area contributed by atoms with Crippen molar-refractivity contribution in [1.82, 2.24) is 15.0 Å². The maximum Gasteiger partial charge on any atom is 0.323 e. The summed E-state index contributed by atoms with van der Waals surface area (Å²) in [6, 6.07) is 0.264. The van der Waals surface area contributed by atoms with Crippen molar-refractivity contribution in [2.24, 2.45) is 11.8 Å². The predicted molar refractivity (Wildman–Crippen MR) is 71.3 cm³/mol. The average molecular weight is 254 g/mol. The van der Waals surface area contributed by atoms with E-state index in [0.717, 1.165) is 13.0 Å². The largest absolute Gasteiger partial charge is 0.461 e. The van der Waals surface area contributed by atoms with Crippen molar-refractivity contribution in [3.05, 3.63) is 0 Å². The summed E-state index contributed by atoms with van der Waals surface area (Å²) >= 11 is 0. The van der Waals surface area contributed by atoms with Gasteiger partial charge in [0.25, 0.3) is 0 Å². The van der Waals surface area contributed by atoms with Gasteiger partial charge in [-0.1, -0.05) is 13.8 Å². The number of nitrogens with one attached hydrogen (secondary N) is 2. The summed E-state index contributed by atoms with van der Waals surface area (Å²) in [6.45, 7) is 8.94. The molecular formula is C11H22N6O. The number of hydrogen-bond acceptors (Lipinski definition) is 7. The summed E-state index contributed by atoms with van der Waals surface area (Å²) in [7, 11) is 0. The standard InChI is InChI=1S/C11H22N6O/c1-7(2)5-6-13-9-14-10(17-12)16-11(15-9)18-8(3)4/h7-8H,5-6,12H2,1-4H3,(H2,13,14,15,16,17). The van der Waals surface area contributed by atoms with E-state index in [9.17, 15) is 0 Å². The number of nitrogens with zero attached hydrogens (tertiary/aromatic N) is 3. The zero-order chi connectivity index (χ0) is 13.5. The molecule has 4 N–H and O–H groups in total. The van der Waals surface area contributed by atoms with Crippen molar-refractivity contribution >= 4 is 11.9 Å². The molecule has 0 aliphatic rings. The van der Waals surface area contributed by atoms with Crippen molar-refractivity contribution in [3.8, 4) is 6.01 Å². The highest BCUT2D eigenvalue weighted by Gasteiger charge is 2.08. The van der Waals surface area contributed by atoms with Crippen molar-refractivity contribution in [3.63, 3.8) is 0 Å². The predicted octanol–water partition coefficient (Wildman–Crippen LogP) is 1.40. The summed E-state index contributed by atoms with van der Waals surface area (Å²) in [4.78, 5) is 12.3. The lowest BCUT2D eigenvalue weighted by molar-refractivity contribution is 0.222. The van der Waals surface area contributed by atoms with E-state index in [1.807, 2.05) is 13.8 Å². The molecular weight excluding hydrogens is 232 g/mol. The fourth-order valence-electron chi connectivity index (χ4n) is 1.24. The van der Waals surface area contributed by atoms with Crippen LogP contribution < -0.4 is 21.3 Å². The van der Waals surface area contributed by atoms with Crippen LogP contribution >= 0.6 is 0 Å². The summed E-state index contributed by atoms with van der Waals surface area (Å²) < 4.78 is 5.43. The number of nitrogen functional groups attached to an aromatic ring is 1. The van der Waals surface area contributed by atoms with E-state index < -0.39 is 0 Å². The van der Waals surface area contributed by atoms with Gasteiger partial charge in [-0.05, 0) is 26.2 Å². The topological polar surface area (TPSA) is 98.0 Å². The molecule has 0 aliphatic heterocycles. The summed E-state index contributed by atoms with van der Waals surface area (Å²) in [6.07, 6.45) is 1.04. The van der Waals surface area contributed by atoms with Gasteiger partial charge in [-0.3, -0.25) is 5.43 Å². The van der Waals surface area contributed by atoms with E-state index >= 15 is 0 Å². The third-order valence-electron chi connectivity index (χ3n) is 2.09. The van der Waals surface area contributed by atoms with Crippen LogP contribution in [0, 0.1) is 5.92 Å². The fraction of sp³-hybridized carbons (Fsp3) is 0.727. The first-order valence-electron chi connectivity index (χ1n) is 6.14. The molecule has 0 amide bonds. The highest BCUT2D eigenvalue weighted by molar-refractivity contribution is 5.34. The summed E-state index contributed by atoms with van der Waals surface area (Å²) in [5, 5.41) is 3.13. The van der Waals surface area contributed by atoms with E-state index in [0.29, 0.717) is 11.9 Å². The Morgan fingerprint density at radius 3 is 2.33 bits per heavy atom. The van der Waals surface area contributed by atoms with Crippen LogP contribution in [0.4, 0.5) is 11.9 Å². The molecule has 18 heavy (non-hydrogen) atoms. The Balaban J connectivity index is 2.70. The first kappa shape index (κ1) is 14.4. The monoisotopic (exact) mass is 254 g/mol. The first-order valence-corrected chi connectivity index (χ1v) is 6.14. The Kier molecular flexibility index (Phi) is 5.57. The molecule has 0 aliphatic carbocycles. The Morgan fingerprint density at radius 2 is 1.78 bits per heavy atom. The second-order valence-electron chi connectivity index (χ2n) is 4.69. The molecule has 7 nitrogen and oxygen atoms in total. The molecule has 0 atom stereocenters. The van der Waals surface area contributed by atoms with Crippen LogP contribution in [0.25, 0.3) is 0 Å². The van der Waals surface area contributed by atoms with Crippen molar-refractivity contribution < 1.29 is 4.74 Å². The molecule has 0 aromatic carbocycles. The number of rotatable bonds is 7. The van der Waals surface area contributed by atoms with Gasteiger partial charge >= 0.3 is 6.01 Å². The molecule has 7 heteroatoms.